The molecule has 0 atom stereocenters. The Hall–Kier alpha value is -1.88. The first-order valence-electron chi connectivity index (χ1n) is 5.83. The van der Waals surface area contributed by atoms with Gasteiger partial charge < -0.3 is 10.4 Å². The molecular weight excluding hydrogens is 308 g/mol. The number of halogens is 1. The van der Waals surface area contributed by atoms with Gasteiger partial charge in [0.05, 0.1) is 5.56 Å². The van der Waals surface area contributed by atoms with Crippen LogP contribution in [0.25, 0.3) is 0 Å². The molecule has 0 aliphatic carbocycles. The highest BCUT2D eigenvalue weighted by molar-refractivity contribution is 9.10. The van der Waals surface area contributed by atoms with Crippen LogP contribution in [0.3, 0.4) is 0 Å². The van der Waals surface area contributed by atoms with Crippen molar-refractivity contribution in [3.63, 3.8) is 0 Å². The molecule has 0 radical (unpaired) electrons. The van der Waals surface area contributed by atoms with Crippen molar-refractivity contribution < 1.29 is 9.90 Å². The van der Waals surface area contributed by atoms with Crippen molar-refractivity contribution in [1.29, 1.82) is 0 Å². The number of carboxylic acid groups (broad SMARTS) is 1. The molecule has 1 heterocycles. The summed E-state index contributed by atoms with van der Waals surface area (Å²) in [5, 5.41) is 11.9. The molecule has 0 saturated carbocycles. The van der Waals surface area contributed by atoms with Gasteiger partial charge in [-0.25, -0.2) is 9.78 Å². The van der Waals surface area contributed by atoms with E-state index in [9.17, 15) is 4.79 Å². The highest BCUT2D eigenvalue weighted by Crippen LogP contribution is 2.11. The van der Waals surface area contributed by atoms with Crippen LogP contribution in [0.1, 0.15) is 15.9 Å². The minimum atomic E-state index is -0.964. The summed E-state index contributed by atoms with van der Waals surface area (Å²) in [6, 6.07) is 11.4. The fourth-order valence-electron chi connectivity index (χ4n) is 1.61. The van der Waals surface area contributed by atoms with Gasteiger partial charge in [0.1, 0.15) is 5.82 Å². The van der Waals surface area contributed by atoms with E-state index < -0.39 is 5.97 Å². The second kappa shape index (κ2) is 6.33. The van der Waals surface area contributed by atoms with Crippen molar-refractivity contribution in [2.75, 3.05) is 11.9 Å². The number of carboxylic acids is 1. The minimum Gasteiger partial charge on any atom is -0.478 e. The first-order valence-corrected chi connectivity index (χ1v) is 6.62. The summed E-state index contributed by atoms with van der Waals surface area (Å²) in [6.07, 6.45) is 2.24. The molecule has 0 bridgehead atoms. The number of hydrogen-bond acceptors (Lipinski definition) is 3. The van der Waals surface area contributed by atoms with Crippen molar-refractivity contribution >= 4 is 27.7 Å². The first-order chi connectivity index (χ1) is 9.15. The monoisotopic (exact) mass is 320 g/mol. The molecule has 98 valence electrons. The summed E-state index contributed by atoms with van der Waals surface area (Å²) in [5.74, 6) is -0.281. The normalized spacial score (nSPS) is 10.2. The lowest BCUT2D eigenvalue weighted by Gasteiger charge is -2.06. The molecule has 19 heavy (non-hydrogen) atoms. The topological polar surface area (TPSA) is 62.2 Å². The number of benzene rings is 1. The molecule has 5 heteroatoms. The number of hydrogen-bond donors (Lipinski definition) is 2. The van der Waals surface area contributed by atoms with Gasteiger partial charge >= 0.3 is 5.97 Å². The minimum absolute atomic E-state index is 0.193. The SMILES string of the molecule is O=C(O)c1ccc(NCCc2ccc(Br)cc2)nc1. The molecule has 2 rings (SSSR count). The van der Waals surface area contributed by atoms with Gasteiger partial charge in [0.2, 0.25) is 0 Å². The molecule has 0 fully saturated rings. The molecule has 0 unspecified atom stereocenters. The molecule has 0 amide bonds. The Balaban J connectivity index is 1.85. The second-order valence-corrected chi connectivity index (χ2v) is 4.96. The van der Waals surface area contributed by atoms with Crippen LogP contribution in [0.15, 0.2) is 47.1 Å². The zero-order valence-corrected chi connectivity index (χ0v) is 11.7. The number of nitrogens with one attached hydrogen (secondary N) is 1. The van der Waals surface area contributed by atoms with Crippen LogP contribution in [0.4, 0.5) is 5.82 Å². The predicted molar refractivity (Wildman–Crippen MR) is 77.5 cm³/mol. The molecule has 1 aromatic carbocycles. The quantitative estimate of drug-likeness (QED) is 0.888. The summed E-state index contributed by atoms with van der Waals surface area (Å²) in [6.45, 7) is 0.751. The van der Waals surface area contributed by atoms with Crippen LogP contribution in [0, 0.1) is 0 Å². The molecule has 0 aliphatic heterocycles. The number of aromatic carboxylic acids is 1. The van der Waals surface area contributed by atoms with E-state index in [0.717, 1.165) is 17.4 Å². The van der Waals surface area contributed by atoms with E-state index in [4.69, 9.17) is 5.11 Å². The van der Waals surface area contributed by atoms with Gasteiger partial charge in [0.25, 0.3) is 0 Å². The third-order valence-electron chi connectivity index (χ3n) is 2.64. The standard InChI is InChI=1S/C14H13BrN2O2/c15-12-4-1-10(2-5-12)7-8-16-13-6-3-11(9-17-13)14(18)19/h1-6,9H,7-8H2,(H,16,17)(H,18,19). The molecular formula is C14H13BrN2O2. The van der Waals surface area contributed by atoms with Crippen LogP contribution >= 0.6 is 15.9 Å². The fraction of sp³-hybridized carbons (Fsp3) is 0.143. The van der Waals surface area contributed by atoms with Crippen LogP contribution in [-0.4, -0.2) is 22.6 Å². The Morgan fingerprint density at radius 3 is 2.53 bits per heavy atom. The molecule has 0 aliphatic rings. The molecule has 0 saturated heterocycles. The Labute approximate surface area is 119 Å². The van der Waals surface area contributed by atoms with E-state index in [0.29, 0.717) is 5.82 Å². The van der Waals surface area contributed by atoms with Gasteiger partial charge in [-0.2, -0.15) is 0 Å². The molecule has 0 spiro atoms. The van der Waals surface area contributed by atoms with E-state index in [-0.39, 0.29) is 5.56 Å². The van der Waals surface area contributed by atoms with Gasteiger partial charge in [-0.1, -0.05) is 28.1 Å². The lowest BCUT2D eigenvalue weighted by molar-refractivity contribution is 0.0696. The smallest absolute Gasteiger partial charge is 0.337 e. The second-order valence-electron chi connectivity index (χ2n) is 4.04. The maximum absolute atomic E-state index is 10.7. The van der Waals surface area contributed by atoms with Gasteiger partial charge in [0.15, 0.2) is 0 Å². The summed E-state index contributed by atoms with van der Waals surface area (Å²) in [4.78, 5) is 14.7. The van der Waals surface area contributed by atoms with Crippen molar-refractivity contribution in [3.05, 3.63) is 58.2 Å². The zero-order valence-electron chi connectivity index (χ0n) is 10.1. The maximum atomic E-state index is 10.7. The number of anilines is 1. The Morgan fingerprint density at radius 2 is 1.95 bits per heavy atom. The predicted octanol–water partition coefficient (Wildman–Crippen LogP) is 3.20. The average Bonchev–Trinajstić information content (AvgIpc) is 2.41. The van der Waals surface area contributed by atoms with Crippen LogP contribution in [-0.2, 0) is 6.42 Å². The summed E-state index contributed by atoms with van der Waals surface area (Å²) in [7, 11) is 0. The summed E-state index contributed by atoms with van der Waals surface area (Å²) >= 11 is 3.40. The summed E-state index contributed by atoms with van der Waals surface area (Å²) < 4.78 is 1.06. The first kappa shape index (κ1) is 13.5. The fourth-order valence-corrected chi connectivity index (χ4v) is 1.88. The number of nitrogens with zero attached hydrogens (tertiary/aromatic N) is 1. The third kappa shape index (κ3) is 4.06. The molecule has 4 nitrogen and oxygen atoms in total. The highest BCUT2D eigenvalue weighted by Gasteiger charge is 2.02. The van der Waals surface area contributed by atoms with E-state index in [1.807, 2.05) is 12.1 Å². The van der Waals surface area contributed by atoms with Gasteiger partial charge in [-0.05, 0) is 36.2 Å². The largest absolute Gasteiger partial charge is 0.478 e. The van der Waals surface area contributed by atoms with Gasteiger partial charge in [-0.15, -0.1) is 0 Å². The van der Waals surface area contributed by atoms with Crippen molar-refractivity contribution in [3.8, 4) is 0 Å². The lowest BCUT2D eigenvalue weighted by atomic mass is 10.1. The molecule has 1 aromatic heterocycles. The Bertz CT molecular complexity index is 553. The van der Waals surface area contributed by atoms with E-state index in [1.54, 1.807) is 6.07 Å². The van der Waals surface area contributed by atoms with Crippen molar-refractivity contribution in [2.24, 2.45) is 0 Å². The van der Waals surface area contributed by atoms with Gasteiger partial charge in [0, 0.05) is 17.2 Å². The highest BCUT2D eigenvalue weighted by atomic mass is 79.9. The van der Waals surface area contributed by atoms with Crippen LogP contribution in [0.2, 0.25) is 0 Å². The third-order valence-corrected chi connectivity index (χ3v) is 3.17. The number of pyridine rings is 1. The molecule has 2 N–H and O–H groups in total. The Kier molecular flexibility index (Phi) is 4.52. The van der Waals surface area contributed by atoms with Crippen LogP contribution < -0.4 is 5.32 Å². The van der Waals surface area contributed by atoms with E-state index in [2.05, 4.69) is 38.4 Å². The zero-order chi connectivity index (χ0) is 13.7. The summed E-state index contributed by atoms with van der Waals surface area (Å²) in [5.41, 5.74) is 1.43. The average molecular weight is 321 g/mol. The maximum Gasteiger partial charge on any atom is 0.337 e. The Morgan fingerprint density at radius 1 is 1.21 bits per heavy atom. The number of carbonyl (C=O) groups is 1. The van der Waals surface area contributed by atoms with Gasteiger partial charge in [-0.3, -0.25) is 0 Å². The van der Waals surface area contributed by atoms with Crippen molar-refractivity contribution in [2.45, 2.75) is 6.42 Å². The molecule has 2 aromatic rings. The van der Waals surface area contributed by atoms with Crippen molar-refractivity contribution in [1.82, 2.24) is 4.98 Å². The van der Waals surface area contributed by atoms with E-state index in [1.165, 1.54) is 17.8 Å². The number of rotatable bonds is 5. The van der Waals surface area contributed by atoms with E-state index >= 15 is 0 Å². The lowest BCUT2D eigenvalue weighted by Crippen LogP contribution is -2.07. The van der Waals surface area contributed by atoms with Crippen LogP contribution in [0.5, 0.6) is 0 Å². The number of aromatic nitrogens is 1.